The summed E-state index contributed by atoms with van der Waals surface area (Å²) in [6, 6.07) is 18.0. The van der Waals surface area contributed by atoms with E-state index in [1.807, 2.05) is 75.3 Å². The molecule has 0 bridgehead atoms. The molecule has 0 radical (unpaired) electrons. The molecule has 0 unspecified atom stereocenters. The zero-order chi connectivity index (χ0) is 25.3. The first-order valence-electron chi connectivity index (χ1n) is 11.4. The van der Waals surface area contributed by atoms with Crippen molar-refractivity contribution < 1.29 is 19.1 Å². The van der Waals surface area contributed by atoms with E-state index in [-0.39, 0.29) is 18.4 Å². The minimum atomic E-state index is -0.818. The van der Waals surface area contributed by atoms with Crippen LogP contribution in [0.1, 0.15) is 22.7 Å². The summed E-state index contributed by atoms with van der Waals surface area (Å²) in [4.78, 5) is 32.9. The van der Waals surface area contributed by atoms with Crippen LogP contribution >= 0.6 is 0 Å². The molecule has 0 aromatic heterocycles. The van der Waals surface area contributed by atoms with Crippen LogP contribution in [0, 0.1) is 13.8 Å². The first kappa shape index (κ1) is 24.1. The molecule has 3 aromatic carbocycles. The van der Waals surface area contributed by atoms with Crippen molar-refractivity contribution in [3.8, 4) is 11.5 Å². The summed E-state index contributed by atoms with van der Waals surface area (Å²) in [7, 11) is 7.03. The third-order valence-electron chi connectivity index (χ3n) is 6.49. The van der Waals surface area contributed by atoms with Crippen LogP contribution < -0.4 is 24.2 Å². The molecule has 1 heterocycles. The van der Waals surface area contributed by atoms with E-state index in [4.69, 9.17) is 9.47 Å². The molecule has 7 nitrogen and oxygen atoms in total. The molecule has 0 spiro atoms. The molecule has 1 aliphatic rings. The highest BCUT2D eigenvalue weighted by molar-refractivity contribution is 6.15. The number of methoxy groups -OCH3 is 2. The Hall–Kier alpha value is -4.00. The van der Waals surface area contributed by atoms with Crippen LogP contribution in [0.15, 0.2) is 60.7 Å². The molecule has 0 saturated carbocycles. The van der Waals surface area contributed by atoms with Gasteiger partial charge in [-0.2, -0.15) is 0 Å². The monoisotopic (exact) mass is 473 g/mol. The predicted molar refractivity (Wildman–Crippen MR) is 139 cm³/mol. The molecule has 182 valence electrons. The molecule has 7 heteroatoms. The maximum atomic E-state index is 14.1. The van der Waals surface area contributed by atoms with Gasteiger partial charge in [0, 0.05) is 31.5 Å². The second-order valence-electron chi connectivity index (χ2n) is 8.88. The number of carbonyl (C=O) groups excluding carboxylic acids is 2. The second kappa shape index (κ2) is 9.70. The van der Waals surface area contributed by atoms with Gasteiger partial charge < -0.3 is 14.4 Å². The standard InChI is InChI=1S/C28H31N3O4/c1-18-7-10-22(15-19(18)2)31-26(32)17-30(24-14-13-23(34-5)16-25(24)35-6)28(33)27(31)20-8-11-21(12-9-20)29(3)4/h7-16,27H,17H2,1-6H3/t27-/m0/s1. The van der Waals surface area contributed by atoms with Crippen LogP contribution in [0.25, 0.3) is 0 Å². The molecule has 2 amide bonds. The molecule has 1 saturated heterocycles. The zero-order valence-corrected chi connectivity index (χ0v) is 21.0. The van der Waals surface area contributed by atoms with Gasteiger partial charge in [0.25, 0.3) is 5.91 Å². The smallest absolute Gasteiger partial charge is 0.255 e. The van der Waals surface area contributed by atoms with Gasteiger partial charge in [-0.3, -0.25) is 19.4 Å². The molecule has 3 aromatic rings. The summed E-state index contributed by atoms with van der Waals surface area (Å²) >= 11 is 0. The lowest BCUT2D eigenvalue weighted by atomic mass is 9.98. The first-order chi connectivity index (χ1) is 16.7. The van der Waals surface area contributed by atoms with Gasteiger partial charge in [0.05, 0.1) is 19.9 Å². The fourth-order valence-corrected chi connectivity index (χ4v) is 4.32. The molecular weight excluding hydrogens is 442 g/mol. The Morgan fingerprint density at radius 1 is 0.857 bits per heavy atom. The van der Waals surface area contributed by atoms with Gasteiger partial charge in [0.1, 0.15) is 24.1 Å². The van der Waals surface area contributed by atoms with Gasteiger partial charge in [0.15, 0.2) is 0 Å². The van der Waals surface area contributed by atoms with Crippen LogP contribution in [-0.2, 0) is 9.59 Å². The average molecular weight is 474 g/mol. The number of rotatable bonds is 6. The number of anilines is 3. The highest BCUT2D eigenvalue weighted by atomic mass is 16.5. The molecule has 1 atom stereocenters. The Bertz CT molecular complexity index is 1250. The summed E-state index contributed by atoms with van der Waals surface area (Å²) in [5, 5.41) is 0. The summed E-state index contributed by atoms with van der Waals surface area (Å²) < 4.78 is 10.8. The van der Waals surface area contributed by atoms with Crippen molar-refractivity contribution in [1.29, 1.82) is 0 Å². The van der Waals surface area contributed by atoms with E-state index in [1.165, 1.54) is 12.0 Å². The van der Waals surface area contributed by atoms with Gasteiger partial charge in [-0.1, -0.05) is 18.2 Å². The van der Waals surface area contributed by atoms with Crippen molar-refractivity contribution in [2.75, 3.05) is 49.6 Å². The van der Waals surface area contributed by atoms with Gasteiger partial charge in [-0.05, 0) is 66.9 Å². The van der Waals surface area contributed by atoms with Gasteiger partial charge in [-0.15, -0.1) is 0 Å². The van der Waals surface area contributed by atoms with E-state index in [1.54, 1.807) is 30.2 Å². The van der Waals surface area contributed by atoms with E-state index in [2.05, 4.69) is 0 Å². The predicted octanol–water partition coefficient (Wildman–Crippen LogP) is 4.51. The van der Waals surface area contributed by atoms with Crippen LogP contribution in [-0.4, -0.2) is 46.7 Å². The Balaban J connectivity index is 1.83. The number of carbonyl (C=O) groups is 2. The van der Waals surface area contributed by atoms with Crippen molar-refractivity contribution in [3.63, 3.8) is 0 Å². The van der Waals surface area contributed by atoms with Crippen LogP contribution in [0.5, 0.6) is 11.5 Å². The quantitative estimate of drug-likeness (QED) is 0.527. The molecular formula is C28H31N3O4. The lowest BCUT2D eigenvalue weighted by Gasteiger charge is -2.41. The normalized spacial score (nSPS) is 15.9. The Kier molecular flexibility index (Phi) is 6.69. The van der Waals surface area contributed by atoms with E-state index in [0.717, 1.165) is 22.4 Å². The topological polar surface area (TPSA) is 62.3 Å². The summed E-state index contributed by atoms with van der Waals surface area (Å²) in [5.41, 5.74) is 5.17. The summed E-state index contributed by atoms with van der Waals surface area (Å²) in [5.74, 6) is 0.692. The van der Waals surface area contributed by atoms with Crippen LogP contribution in [0.2, 0.25) is 0 Å². The van der Waals surface area contributed by atoms with Crippen molar-refractivity contribution in [3.05, 3.63) is 77.4 Å². The fourth-order valence-electron chi connectivity index (χ4n) is 4.32. The van der Waals surface area contributed by atoms with E-state index in [9.17, 15) is 9.59 Å². The highest BCUT2D eigenvalue weighted by Gasteiger charge is 2.42. The van der Waals surface area contributed by atoms with Gasteiger partial charge in [-0.25, -0.2) is 0 Å². The average Bonchev–Trinajstić information content (AvgIpc) is 2.86. The number of piperazine rings is 1. The minimum absolute atomic E-state index is 0.0965. The molecule has 1 aliphatic heterocycles. The third kappa shape index (κ3) is 4.54. The number of aryl methyl sites for hydroxylation is 2. The lowest BCUT2D eigenvalue weighted by molar-refractivity contribution is -0.128. The maximum Gasteiger partial charge on any atom is 0.255 e. The number of hydrogen-bond acceptors (Lipinski definition) is 5. The Labute approximate surface area is 206 Å². The minimum Gasteiger partial charge on any atom is -0.497 e. The molecule has 1 fully saturated rings. The molecule has 35 heavy (non-hydrogen) atoms. The Morgan fingerprint density at radius 3 is 2.17 bits per heavy atom. The SMILES string of the molecule is COc1ccc(N2CC(=O)N(c3ccc(C)c(C)c3)[C@@H](c3ccc(N(C)C)cc3)C2=O)c(OC)c1. The number of hydrogen-bond donors (Lipinski definition) is 0. The van der Waals surface area contributed by atoms with Crippen molar-refractivity contribution in [1.82, 2.24) is 0 Å². The van der Waals surface area contributed by atoms with E-state index in [0.29, 0.717) is 22.9 Å². The fraction of sp³-hybridized carbons (Fsp3) is 0.286. The van der Waals surface area contributed by atoms with Crippen molar-refractivity contribution in [2.45, 2.75) is 19.9 Å². The van der Waals surface area contributed by atoms with Crippen molar-refractivity contribution in [2.24, 2.45) is 0 Å². The van der Waals surface area contributed by atoms with E-state index >= 15 is 0 Å². The third-order valence-corrected chi connectivity index (χ3v) is 6.49. The Morgan fingerprint density at radius 2 is 1.57 bits per heavy atom. The van der Waals surface area contributed by atoms with E-state index < -0.39 is 6.04 Å². The van der Waals surface area contributed by atoms with Gasteiger partial charge in [0.2, 0.25) is 5.91 Å². The molecule has 0 N–H and O–H groups in total. The second-order valence-corrected chi connectivity index (χ2v) is 8.88. The van der Waals surface area contributed by atoms with Gasteiger partial charge >= 0.3 is 0 Å². The van der Waals surface area contributed by atoms with Crippen molar-refractivity contribution >= 4 is 28.9 Å². The number of ether oxygens (including phenoxy) is 2. The number of benzene rings is 3. The summed E-state index contributed by atoms with van der Waals surface area (Å²) in [6.07, 6.45) is 0. The summed E-state index contributed by atoms with van der Waals surface area (Å²) in [6.45, 7) is 3.93. The first-order valence-corrected chi connectivity index (χ1v) is 11.4. The number of nitrogens with zero attached hydrogens (tertiary/aromatic N) is 3. The number of amides is 2. The lowest BCUT2D eigenvalue weighted by Crippen LogP contribution is -2.56. The highest BCUT2D eigenvalue weighted by Crippen LogP contribution is 2.39. The maximum absolute atomic E-state index is 14.1. The van der Waals surface area contributed by atoms with Crippen LogP contribution in [0.3, 0.4) is 0 Å². The molecule has 4 rings (SSSR count). The molecule has 0 aliphatic carbocycles. The largest absolute Gasteiger partial charge is 0.497 e. The van der Waals surface area contributed by atoms with Crippen LogP contribution in [0.4, 0.5) is 17.1 Å². The zero-order valence-electron chi connectivity index (χ0n) is 21.0.